The van der Waals surface area contributed by atoms with Crippen LogP contribution in [0.3, 0.4) is 0 Å². The van der Waals surface area contributed by atoms with Crippen molar-refractivity contribution in [3.8, 4) is 0 Å². The maximum atomic E-state index is 9.49. The second kappa shape index (κ2) is 21.2. The van der Waals surface area contributed by atoms with E-state index in [4.69, 9.17) is 21.4 Å². The fourth-order valence-corrected chi connectivity index (χ4v) is 2.12. The highest BCUT2D eigenvalue weighted by molar-refractivity contribution is 5.95. The number of aliphatic hydroxyl groups excluding tert-OH is 2. The summed E-state index contributed by atoms with van der Waals surface area (Å²) in [6.07, 6.45) is -0.366. The third kappa shape index (κ3) is 16.7. The van der Waals surface area contributed by atoms with Gasteiger partial charge in [0.05, 0.1) is 6.61 Å². The molecule has 2 aromatic carbocycles. The van der Waals surface area contributed by atoms with Gasteiger partial charge in [0.25, 0.3) is 0 Å². The molecule has 32 heavy (non-hydrogen) atoms. The number of amidine groups is 1. The van der Waals surface area contributed by atoms with Crippen LogP contribution in [0.25, 0.3) is 0 Å². The van der Waals surface area contributed by atoms with E-state index < -0.39 is 6.10 Å². The predicted molar refractivity (Wildman–Crippen MR) is 131 cm³/mol. The first-order valence-corrected chi connectivity index (χ1v) is 10.4. The van der Waals surface area contributed by atoms with E-state index in [9.17, 15) is 9.59 Å². The first-order chi connectivity index (χ1) is 15.4. The van der Waals surface area contributed by atoms with Crippen LogP contribution >= 0.6 is 0 Å². The van der Waals surface area contributed by atoms with Crippen molar-refractivity contribution in [1.82, 2.24) is 4.90 Å². The molecule has 0 amide bonds. The zero-order chi connectivity index (χ0) is 24.8. The van der Waals surface area contributed by atoms with E-state index in [1.54, 1.807) is 0 Å². The first-order valence-electron chi connectivity index (χ1n) is 10.4. The minimum Gasteiger partial charge on any atom is -0.395 e. The number of carbonyl (C=O) groups is 2. The molecule has 0 heterocycles. The van der Waals surface area contributed by atoms with E-state index in [2.05, 4.69) is 22.3 Å². The first kappa shape index (κ1) is 31.1. The number of nitrogen functional groups attached to an aromatic ring is 1. The molecule has 1 atom stereocenters. The Labute approximate surface area is 191 Å². The lowest BCUT2D eigenvalue weighted by molar-refractivity contribution is -0.119. The summed E-state index contributed by atoms with van der Waals surface area (Å²) in [5.41, 5.74) is 8.33. The van der Waals surface area contributed by atoms with E-state index in [1.807, 2.05) is 70.4 Å². The third-order valence-electron chi connectivity index (χ3n) is 3.76. The van der Waals surface area contributed by atoms with E-state index >= 15 is 0 Å². The Morgan fingerprint density at radius 3 is 2.06 bits per heavy atom. The van der Waals surface area contributed by atoms with Gasteiger partial charge in [0.1, 0.15) is 24.5 Å². The van der Waals surface area contributed by atoms with Crippen LogP contribution in [-0.2, 0) is 16.1 Å². The van der Waals surface area contributed by atoms with Gasteiger partial charge in [-0.3, -0.25) is 10.3 Å². The summed E-state index contributed by atoms with van der Waals surface area (Å²) < 4.78 is 0. The van der Waals surface area contributed by atoms with Crippen molar-refractivity contribution in [3.05, 3.63) is 65.7 Å². The molecule has 0 bridgehead atoms. The summed E-state index contributed by atoms with van der Waals surface area (Å²) in [6, 6.07) is 17.7. The van der Waals surface area contributed by atoms with Gasteiger partial charge in [0.15, 0.2) is 0 Å². The zero-order valence-corrected chi connectivity index (χ0v) is 19.5. The van der Waals surface area contributed by atoms with Crippen LogP contribution in [0.2, 0.25) is 0 Å². The molecular formula is C24H38N4O4. The van der Waals surface area contributed by atoms with Crippen molar-refractivity contribution in [2.24, 2.45) is 5.73 Å². The van der Waals surface area contributed by atoms with Crippen LogP contribution in [0, 0.1) is 5.41 Å². The smallest absolute Gasteiger partial charge is 0.148 e. The number of anilines is 1. The SMILES string of the molecule is CC.CN(CCO)Cc1ccccc1.CNc1ccc(C(=N)N)cc1.O=CCC(O)C=O. The average Bonchev–Trinajstić information content (AvgIpc) is 2.82. The van der Waals surface area contributed by atoms with Gasteiger partial charge in [0, 0.05) is 37.8 Å². The molecule has 2 aromatic rings. The largest absolute Gasteiger partial charge is 0.395 e. The quantitative estimate of drug-likeness (QED) is 0.226. The summed E-state index contributed by atoms with van der Waals surface area (Å²) >= 11 is 0. The van der Waals surface area contributed by atoms with Crippen molar-refractivity contribution >= 4 is 24.1 Å². The number of rotatable bonds is 9. The fourth-order valence-electron chi connectivity index (χ4n) is 2.12. The lowest BCUT2D eigenvalue weighted by Crippen LogP contribution is -2.21. The second-order valence-corrected chi connectivity index (χ2v) is 6.29. The zero-order valence-electron chi connectivity index (χ0n) is 19.5. The van der Waals surface area contributed by atoms with E-state index in [-0.39, 0.29) is 18.9 Å². The molecule has 6 N–H and O–H groups in total. The number of aldehydes is 2. The van der Waals surface area contributed by atoms with Crippen LogP contribution in [0.4, 0.5) is 5.69 Å². The number of hydrogen-bond acceptors (Lipinski definition) is 7. The molecule has 0 radical (unpaired) electrons. The number of nitrogens with one attached hydrogen (secondary N) is 2. The number of hydrogen-bond donors (Lipinski definition) is 5. The van der Waals surface area contributed by atoms with Crippen molar-refractivity contribution in [2.75, 3.05) is 32.6 Å². The summed E-state index contributed by atoms with van der Waals surface area (Å²) in [5.74, 6) is 0.104. The third-order valence-corrected chi connectivity index (χ3v) is 3.76. The van der Waals surface area contributed by atoms with E-state index in [0.29, 0.717) is 12.6 Å². The molecule has 8 heteroatoms. The number of nitrogens with two attached hydrogens (primary N) is 1. The van der Waals surface area contributed by atoms with Crippen molar-refractivity contribution in [1.29, 1.82) is 5.41 Å². The van der Waals surface area contributed by atoms with Crippen LogP contribution in [0.1, 0.15) is 31.4 Å². The molecule has 0 saturated carbocycles. The fraction of sp³-hybridized carbons (Fsp3) is 0.375. The highest BCUT2D eigenvalue weighted by Crippen LogP contribution is 2.07. The Morgan fingerprint density at radius 2 is 1.69 bits per heavy atom. The Bertz CT molecular complexity index is 725. The molecule has 0 saturated heterocycles. The van der Waals surface area contributed by atoms with Crippen molar-refractivity contribution < 1.29 is 19.8 Å². The number of nitrogens with zero attached hydrogens (tertiary/aromatic N) is 1. The predicted octanol–water partition coefficient (Wildman–Crippen LogP) is 2.28. The van der Waals surface area contributed by atoms with Crippen molar-refractivity contribution in [2.45, 2.75) is 32.9 Å². The van der Waals surface area contributed by atoms with Gasteiger partial charge in [-0.2, -0.15) is 0 Å². The lowest BCUT2D eigenvalue weighted by atomic mass is 10.2. The average molecular weight is 447 g/mol. The Balaban J connectivity index is 0. The normalized spacial score (nSPS) is 10.1. The molecule has 0 fully saturated rings. The second-order valence-electron chi connectivity index (χ2n) is 6.29. The number of carbonyl (C=O) groups excluding carboxylic acids is 2. The Kier molecular flexibility index (Phi) is 20.6. The molecule has 1 unspecified atom stereocenters. The summed E-state index contributed by atoms with van der Waals surface area (Å²) in [4.78, 5) is 21.0. The molecule has 8 nitrogen and oxygen atoms in total. The van der Waals surface area contributed by atoms with Gasteiger partial charge in [-0.05, 0) is 36.9 Å². The monoisotopic (exact) mass is 446 g/mol. The standard InChI is InChI=1S/C10H15NO.C8H11N3.C4H6O3.C2H6/c1-11(7-8-12)9-10-5-3-2-4-6-10;1-11-7-4-2-6(3-5-7)8(9)10;5-2-1-4(7)3-6;1-2/h2-6,12H,7-9H2,1H3;2-5,11H,1H3,(H3,9,10);2-4,7H,1H2;1-2H3. The van der Waals surface area contributed by atoms with Gasteiger partial charge in [-0.1, -0.05) is 44.2 Å². The number of benzene rings is 2. The molecule has 2 rings (SSSR count). The molecule has 178 valence electrons. The minimum atomic E-state index is -1.10. The minimum absolute atomic E-state index is 0.0938. The van der Waals surface area contributed by atoms with Gasteiger partial charge >= 0.3 is 0 Å². The topological polar surface area (TPSA) is 140 Å². The van der Waals surface area contributed by atoms with Crippen LogP contribution in [0.15, 0.2) is 54.6 Å². The van der Waals surface area contributed by atoms with Crippen LogP contribution in [0.5, 0.6) is 0 Å². The van der Waals surface area contributed by atoms with Crippen LogP contribution < -0.4 is 11.1 Å². The van der Waals surface area contributed by atoms with E-state index in [0.717, 1.165) is 24.3 Å². The highest BCUT2D eigenvalue weighted by Gasteiger charge is 1.97. The van der Waals surface area contributed by atoms with Crippen molar-refractivity contribution in [3.63, 3.8) is 0 Å². The Hall–Kier alpha value is -3.07. The maximum absolute atomic E-state index is 9.49. The molecule has 0 aliphatic heterocycles. The molecule has 0 aliphatic rings. The van der Waals surface area contributed by atoms with Crippen LogP contribution in [-0.4, -0.2) is 66.9 Å². The van der Waals surface area contributed by atoms with Gasteiger partial charge < -0.3 is 30.9 Å². The molecule has 0 spiro atoms. The maximum Gasteiger partial charge on any atom is 0.148 e. The number of likely N-dealkylation sites (N-methyl/N-ethyl adjacent to an activating group) is 1. The van der Waals surface area contributed by atoms with Gasteiger partial charge in [-0.25, -0.2) is 0 Å². The summed E-state index contributed by atoms with van der Waals surface area (Å²) in [7, 11) is 3.85. The highest BCUT2D eigenvalue weighted by atomic mass is 16.3. The summed E-state index contributed by atoms with van der Waals surface area (Å²) in [5, 5.41) is 27.0. The number of aliphatic hydroxyl groups is 2. The Morgan fingerprint density at radius 1 is 1.12 bits per heavy atom. The summed E-state index contributed by atoms with van der Waals surface area (Å²) in [6.45, 7) is 5.86. The van der Waals surface area contributed by atoms with Gasteiger partial charge in [-0.15, -0.1) is 0 Å². The molecular weight excluding hydrogens is 408 g/mol. The lowest BCUT2D eigenvalue weighted by Gasteiger charge is -2.14. The molecule has 0 aromatic heterocycles. The van der Waals surface area contributed by atoms with Gasteiger partial charge in [0.2, 0.25) is 0 Å². The molecule has 0 aliphatic carbocycles. The van der Waals surface area contributed by atoms with E-state index in [1.165, 1.54) is 5.56 Å².